The van der Waals surface area contributed by atoms with Gasteiger partial charge in [-0.25, -0.2) is 0 Å². The van der Waals surface area contributed by atoms with E-state index >= 15 is 0 Å². The highest BCUT2D eigenvalue weighted by atomic mass is 16.5. The van der Waals surface area contributed by atoms with E-state index < -0.39 is 11.4 Å². The van der Waals surface area contributed by atoms with Gasteiger partial charge < -0.3 is 9.84 Å². The molecule has 0 aromatic heterocycles. The van der Waals surface area contributed by atoms with Gasteiger partial charge in [0.2, 0.25) is 0 Å². The third-order valence-corrected chi connectivity index (χ3v) is 2.61. The summed E-state index contributed by atoms with van der Waals surface area (Å²) in [5.74, 6) is -0.821. The second kappa shape index (κ2) is 3.92. The van der Waals surface area contributed by atoms with Gasteiger partial charge in [0.05, 0.1) is 11.5 Å². The third kappa shape index (κ3) is 2.31. The number of carbonyl (C=O) groups is 1. The van der Waals surface area contributed by atoms with Gasteiger partial charge in [0.25, 0.3) is 0 Å². The molecule has 1 aliphatic heterocycles. The lowest BCUT2D eigenvalue weighted by atomic mass is 9.84. The van der Waals surface area contributed by atoms with E-state index in [4.69, 9.17) is 9.84 Å². The van der Waals surface area contributed by atoms with Crippen LogP contribution in [0.1, 0.15) is 26.2 Å². The zero-order chi connectivity index (χ0) is 9.90. The summed E-state index contributed by atoms with van der Waals surface area (Å²) in [6, 6.07) is 0. The largest absolute Gasteiger partial charge is 0.481 e. The van der Waals surface area contributed by atoms with Gasteiger partial charge in [-0.2, -0.15) is 0 Å². The SMILES string of the molecule is C=CC(C)(CC1CCCO1)C(=O)O. The minimum atomic E-state index is -0.838. The molecule has 0 saturated carbocycles. The Kier molecular flexibility index (Phi) is 3.09. The number of carboxylic acid groups (broad SMARTS) is 1. The number of hydrogen-bond donors (Lipinski definition) is 1. The first-order valence-corrected chi connectivity index (χ1v) is 4.57. The first-order chi connectivity index (χ1) is 6.08. The summed E-state index contributed by atoms with van der Waals surface area (Å²) in [7, 11) is 0. The van der Waals surface area contributed by atoms with Crippen LogP contribution in [0.15, 0.2) is 12.7 Å². The van der Waals surface area contributed by atoms with Gasteiger partial charge >= 0.3 is 5.97 Å². The fraction of sp³-hybridized carbons (Fsp3) is 0.700. The Labute approximate surface area is 78.4 Å². The molecule has 74 valence electrons. The lowest BCUT2D eigenvalue weighted by Crippen LogP contribution is -2.29. The van der Waals surface area contributed by atoms with Crippen molar-refractivity contribution in [2.45, 2.75) is 32.3 Å². The summed E-state index contributed by atoms with van der Waals surface area (Å²) in [5.41, 5.74) is -0.838. The van der Waals surface area contributed by atoms with E-state index in [0.717, 1.165) is 19.4 Å². The lowest BCUT2D eigenvalue weighted by Gasteiger charge is -2.23. The van der Waals surface area contributed by atoms with Gasteiger partial charge in [0.15, 0.2) is 0 Å². The van der Waals surface area contributed by atoms with Crippen LogP contribution in [0.5, 0.6) is 0 Å². The average molecular weight is 184 g/mol. The van der Waals surface area contributed by atoms with Gasteiger partial charge in [-0.15, -0.1) is 6.58 Å². The van der Waals surface area contributed by atoms with Gasteiger partial charge in [0, 0.05) is 6.61 Å². The summed E-state index contributed by atoms with van der Waals surface area (Å²) >= 11 is 0. The molecule has 0 amide bonds. The van der Waals surface area contributed by atoms with E-state index in [-0.39, 0.29) is 6.10 Å². The van der Waals surface area contributed by atoms with Crippen molar-refractivity contribution < 1.29 is 14.6 Å². The molecule has 3 heteroatoms. The smallest absolute Gasteiger partial charge is 0.313 e. The van der Waals surface area contributed by atoms with Crippen LogP contribution in [-0.4, -0.2) is 23.8 Å². The maximum atomic E-state index is 10.9. The van der Waals surface area contributed by atoms with Crippen LogP contribution >= 0.6 is 0 Å². The van der Waals surface area contributed by atoms with Crippen LogP contribution in [0, 0.1) is 5.41 Å². The minimum Gasteiger partial charge on any atom is -0.481 e. The van der Waals surface area contributed by atoms with Crippen LogP contribution < -0.4 is 0 Å². The minimum absolute atomic E-state index is 0.0964. The van der Waals surface area contributed by atoms with Crippen molar-refractivity contribution in [2.24, 2.45) is 5.41 Å². The highest BCUT2D eigenvalue weighted by Gasteiger charge is 2.34. The van der Waals surface area contributed by atoms with Crippen LogP contribution in [0.25, 0.3) is 0 Å². The first kappa shape index (κ1) is 10.3. The topological polar surface area (TPSA) is 46.5 Å². The predicted octanol–water partition coefficient (Wildman–Crippen LogP) is 1.83. The molecule has 1 N–H and O–H groups in total. The Morgan fingerprint density at radius 2 is 2.54 bits per heavy atom. The molecular weight excluding hydrogens is 168 g/mol. The Morgan fingerprint density at radius 3 is 2.92 bits per heavy atom. The van der Waals surface area contributed by atoms with E-state index in [2.05, 4.69) is 6.58 Å². The summed E-state index contributed by atoms with van der Waals surface area (Å²) in [6.45, 7) is 6.01. The average Bonchev–Trinajstić information content (AvgIpc) is 2.56. The van der Waals surface area contributed by atoms with Crippen molar-refractivity contribution in [1.82, 2.24) is 0 Å². The van der Waals surface area contributed by atoms with E-state index in [0.29, 0.717) is 6.42 Å². The number of carboxylic acids is 1. The molecule has 0 aromatic carbocycles. The van der Waals surface area contributed by atoms with Crippen molar-refractivity contribution in [1.29, 1.82) is 0 Å². The van der Waals surface area contributed by atoms with E-state index in [1.54, 1.807) is 6.92 Å². The highest BCUT2D eigenvalue weighted by Crippen LogP contribution is 2.30. The number of hydrogen-bond acceptors (Lipinski definition) is 2. The molecule has 13 heavy (non-hydrogen) atoms. The fourth-order valence-electron chi connectivity index (χ4n) is 1.54. The molecule has 0 radical (unpaired) electrons. The van der Waals surface area contributed by atoms with Crippen LogP contribution in [0.3, 0.4) is 0 Å². The van der Waals surface area contributed by atoms with Crippen molar-refractivity contribution in [3.05, 3.63) is 12.7 Å². The van der Waals surface area contributed by atoms with Crippen LogP contribution in [0.2, 0.25) is 0 Å². The van der Waals surface area contributed by atoms with E-state index in [1.807, 2.05) is 0 Å². The van der Waals surface area contributed by atoms with Crippen LogP contribution in [0.4, 0.5) is 0 Å². The number of rotatable bonds is 4. The summed E-state index contributed by atoms with van der Waals surface area (Å²) in [6.07, 6.45) is 4.14. The molecule has 3 nitrogen and oxygen atoms in total. The van der Waals surface area contributed by atoms with Crippen molar-refractivity contribution in [3.8, 4) is 0 Å². The molecule has 2 atom stereocenters. The van der Waals surface area contributed by atoms with Gasteiger partial charge in [-0.05, 0) is 26.2 Å². The monoisotopic (exact) mass is 184 g/mol. The van der Waals surface area contributed by atoms with Crippen molar-refractivity contribution >= 4 is 5.97 Å². The fourth-order valence-corrected chi connectivity index (χ4v) is 1.54. The van der Waals surface area contributed by atoms with Gasteiger partial charge in [-0.3, -0.25) is 4.79 Å². The van der Waals surface area contributed by atoms with E-state index in [9.17, 15) is 4.79 Å². The molecule has 1 rings (SSSR count). The molecule has 2 unspecified atom stereocenters. The zero-order valence-corrected chi connectivity index (χ0v) is 7.95. The molecule has 0 bridgehead atoms. The third-order valence-electron chi connectivity index (χ3n) is 2.61. The molecule has 0 spiro atoms. The van der Waals surface area contributed by atoms with E-state index in [1.165, 1.54) is 6.08 Å². The summed E-state index contributed by atoms with van der Waals surface area (Å²) in [5, 5.41) is 8.97. The van der Waals surface area contributed by atoms with Crippen LogP contribution in [-0.2, 0) is 9.53 Å². The normalized spacial score (nSPS) is 26.7. The number of aliphatic carboxylic acids is 1. The highest BCUT2D eigenvalue weighted by molar-refractivity contribution is 5.76. The second-order valence-corrected chi connectivity index (χ2v) is 3.77. The van der Waals surface area contributed by atoms with Gasteiger partial charge in [-0.1, -0.05) is 6.08 Å². The van der Waals surface area contributed by atoms with Crippen molar-refractivity contribution in [3.63, 3.8) is 0 Å². The Balaban J connectivity index is 2.56. The standard InChI is InChI=1S/C10H16O3/c1-3-10(2,9(11)12)7-8-5-4-6-13-8/h3,8H,1,4-7H2,2H3,(H,11,12). The summed E-state index contributed by atoms with van der Waals surface area (Å²) < 4.78 is 5.39. The molecule has 1 saturated heterocycles. The first-order valence-electron chi connectivity index (χ1n) is 4.57. The Bertz CT molecular complexity index is 206. The molecule has 0 aliphatic carbocycles. The Hall–Kier alpha value is -0.830. The molecule has 1 heterocycles. The Morgan fingerprint density at radius 1 is 1.85 bits per heavy atom. The summed E-state index contributed by atoms with van der Waals surface area (Å²) in [4.78, 5) is 10.9. The number of ether oxygens (including phenoxy) is 1. The molecule has 0 aromatic rings. The molecule has 1 fully saturated rings. The molecular formula is C10H16O3. The lowest BCUT2D eigenvalue weighted by molar-refractivity contribution is -0.146. The maximum absolute atomic E-state index is 10.9. The second-order valence-electron chi connectivity index (χ2n) is 3.77. The van der Waals surface area contributed by atoms with Crippen molar-refractivity contribution in [2.75, 3.05) is 6.61 Å². The molecule has 1 aliphatic rings. The maximum Gasteiger partial charge on any atom is 0.313 e. The predicted molar refractivity (Wildman–Crippen MR) is 49.5 cm³/mol. The van der Waals surface area contributed by atoms with Gasteiger partial charge in [0.1, 0.15) is 0 Å². The zero-order valence-electron chi connectivity index (χ0n) is 7.95. The quantitative estimate of drug-likeness (QED) is 0.678.